The highest BCUT2D eigenvalue weighted by atomic mass is 32.2. The number of nitrogens with one attached hydrogen (secondary N) is 1. The summed E-state index contributed by atoms with van der Waals surface area (Å²) in [5.41, 5.74) is 2.61. The Labute approximate surface area is 130 Å². The van der Waals surface area contributed by atoms with Crippen molar-refractivity contribution < 1.29 is 12.9 Å². The van der Waals surface area contributed by atoms with Gasteiger partial charge in [0.15, 0.2) is 5.82 Å². The highest BCUT2D eigenvalue weighted by molar-refractivity contribution is 7.89. The second-order valence-corrected chi connectivity index (χ2v) is 7.44. The zero-order valence-electron chi connectivity index (χ0n) is 13.3. The molecule has 0 spiro atoms. The topological polar surface area (TPSA) is 88.3 Å². The molecule has 1 aromatic heterocycles. The van der Waals surface area contributed by atoms with Crippen molar-refractivity contribution in [1.82, 2.24) is 14.4 Å². The van der Waals surface area contributed by atoms with Gasteiger partial charge in [-0.25, -0.2) is 12.7 Å². The van der Waals surface area contributed by atoms with Crippen molar-refractivity contribution in [3.8, 4) is 0 Å². The van der Waals surface area contributed by atoms with E-state index < -0.39 is 10.0 Å². The second-order valence-electron chi connectivity index (χ2n) is 5.29. The third-order valence-corrected chi connectivity index (χ3v) is 5.21. The van der Waals surface area contributed by atoms with Crippen molar-refractivity contribution in [3.63, 3.8) is 0 Å². The molecule has 0 fully saturated rings. The van der Waals surface area contributed by atoms with Gasteiger partial charge in [-0.1, -0.05) is 5.16 Å². The molecule has 2 rings (SSSR count). The van der Waals surface area contributed by atoms with Gasteiger partial charge in [0.25, 0.3) is 0 Å². The second kappa shape index (κ2) is 6.05. The monoisotopic (exact) mass is 324 g/mol. The average molecular weight is 324 g/mol. The van der Waals surface area contributed by atoms with Gasteiger partial charge in [0.05, 0.1) is 11.4 Å². The molecule has 0 atom stereocenters. The number of hydrogen-bond donors (Lipinski definition) is 1. The van der Waals surface area contributed by atoms with E-state index in [-0.39, 0.29) is 4.90 Å². The van der Waals surface area contributed by atoms with Crippen molar-refractivity contribution in [1.29, 1.82) is 0 Å². The fraction of sp³-hybridized carbons (Fsp3) is 0.429. The lowest BCUT2D eigenvalue weighted by Gasteiger charge is -2.16. The van der Waals surface area contributed by atoms with E-state index in [9.17, 15) is 8.42 Å². The van der Waals surface area contributed by atoms with Crippen molar-refractivity contribution in [2.24, 2.45) is 0 Å². The van der Waals surface area contributed by atoms with E-state index in [2.05, 4.69) is 15.5 Å². The van der Waals surface area contributed by atoms with Crippen LogP contribution in [0.25, 0.3) is 0 Å². The number of sulfonamides is 1. The van der Waals surface area contributed by atoms with Crippen LogP contribution in [0.2, 0.25) is 0 Å². The van der Waals surface area contributed by atoms with Crippen LogP contribution in [0.4, 0.5) is 5.69 Å². The summed E-state index contributed by atoms with van der Waals surface area (Å²) in [5.74, 6) is 1.02. The number of nitrogens with zero attached hydrogens (tertiary/aromatic N) is 3. The number of aromatic nitrogens is 2. The van der Waals surface area contributed by atoms with Crippen LogP contribution in [-0.4, -0.2) is 37.0 Å². The molecule has 2 aromatic rings. The van der Waals surface area contributed by atoms with E-state index in [4.69, 9.17) is 4.52 Å². The predicted octanol–water partition coefficient (Wildman–Crippen LogP) is 1.86. The molecule has 0 radical (unpaired) electrons. The maximum Gasteiger partial charge on any atom is 0.245 e. The number of anilines is 1. The molecule has 0 saturated carbocycles. The van der Waals surface area contributed by atoms with Gasteiger partial charge in [-0.05, 0) is 44.0 Å². The quantitative estimate of drug-likeness (QED) is 0.903. The summed E-state index contributed by atoms with van der Waals surface area (Å²) in [6.45, 7) is 5.90. The third-order valence-electron chi connectivity index (χ3n) is 3.42. The minimum absolute atomic E-state index is 0.254. The van der Waals surface area contributed by atoms with E-state index in [1.807, 2.05) is 13.8 Å². The fourth-order valence-electron chi connectivity index (χ4n) is 1.95. The minimum Gasteiger partial charge on any atom is -0.376 e. The van der Waals surface area contributed by atoms with Crippen LogP contribution in [0.1, 0.15) is 22.8 Å². The molecule has 0 aliphatic carbocycles. The van der Waals surface area contributed by atoms with Crippen LogP contribution in [-0.2, 0) is 16.6 Å². The van der Waals surface area contributed by atoms with E-state index in [0.29, 0.717) is 18.3 Å². The Kier molecular flexibility index (Phi) is 4.52. The molecular weight excluding hydrogens is 304 g/mol. The van der Waals surface area contributed by atoms with Gasteiger partial charge in [0.2, 0.25) is 15.9 Å². The van der Waals surface area contributed by atoms with Crippen molar-refractivity contribution >= 4 is 15.7 Å². The van der Waals surface area contributed by atoms with Crippen molar-refractivity contribution in [3.05, 3.63) is 35.0 Å². The number of rotatable bonds is 5. The van der Waals surface area contributed by atoms with Crippen LogP contribution in [0.5, 0.6) is 0 Å². The van der Waals surface area contributed by atoms with Crippen molar-refractivity contribution in [2.75, 3.05) is 19.4 Å². The molecular formula is C14H20N4O3S. The van der Waals surface area contributed by atoms with Gasteiger partial charge in [0, 0.05) is 19.8 Å². The summed E-state index contributed by atoms with van der Waals surface area (Å²) >= 11 is 0. The largest absolute Gasteiger partial charge is 0.376 e. The summed E-state index contributed by atoms with van der Waals surface area (Å²) < 4.78 is 30.8. The minimum atomic E-state index is -3.48. The highest BCUT2D eigenvalue weighted by Gasteiger charge is 2.19. The summed E-state index contributed by atoms with van der Waals surface area (Å²) in [6, 6.07) is 3.30. The maximum atomic E-state index is 12.3. The smallest absolute Gasteiger partial charge is 0.245 e. The molecule has 1 N–H and O–H groups in total. The molecule has 0 bridgehead atoms. The van der Waals surface area contributed by atoms with Gasteiger partial charge in [-0.2, -0.15) is 4.98 Å². The molecule has 1 aromatic carbocycles. The first-order valence-corrected chi connectivity index (χ1v) is 8.22. The molecule has 0 amide bonds. The van der Waals surface area contributed by atoms with E-state index in [0.717, 1.165) is 16.8 Å². The first kappa shape index (κ1) is 16.4. The van der Waals surface area contributed by atoms with E-state index in [1.165, 1.54) is 18.4 Å². The zero-order valence-corrected chi connectivity index (χ0v) is 14.2. The SMILES string of the molecule is Cc1noc(CNc2cc(S(=O)(=O)N(C)C)cc(C)c2C)n1. The Morgan fingerprint density at radius 2 is 1.91 bits per heavy atom. The van der Waals surface area contributed by atoms with E-state index in [1.54, 1.807) is 19.1 Å². The first-order valence-electron chi connectivity index (χ1n) is 6.78. The Hall–Kier alpha value is -1.93. The third kappa shape index (κ3) is 3.28. The van der Waals surface area contributed by atoms with Gasteiger partial charge in [-0.3, -0.25) is 0 Å². The first-order chi connectivity index (χ1) is 10.2. The van der Waals surface area contributed by atoms with E-state index >= 15 is 0 Å². The lowest BCUT2D eigenvalue weighted by molar-refractivity contribution is 0.379. The molecule has 8 heteroatoms. The van der Waals surface area contributed by atoms with Crippen LogP contribution in [0.15, 0.2) is 21.6 Å². The average Bonchev–Trinajstić information content (AvgIpc) is 2.85. The summed E-state index contributed by atoms with van der Waals surface area (Å²) in [7, 11) is -0.450. The zero-order chi connectivity index (χ0) is 16.5. The Morgan fingerprint density at radius 3 is 2.45 bits per heavy atom. The summed E-state index contributed by atoms with van der Waals surface area (Å²) in [5, 5.41) is 6.88. The molecule has 7 nitrogen and oxygen atoms in total. The molecule has 1 heterocycles. The standard InChI is InChI=1S/C14H20N4O3S/c1-9-6-12(22(19,20)18(4)5)7-13(10(9)2)15-8-14-16-11(3)17-21-14/h6-7,15H,8H2,1-5H3. The molecule has 22 heavy (non-hydrogen) atoms. The van der Waals surface area contributed by atoms with Gasteiger partial charge in [0.1, 0.15) is 0 Å². The van der Waals surface area contributed by atoms with Crippen LogP contribution in [0, 0.1) is 20.8 Å². The van der Waals surface area contributed by atoms with Crippen LogP contribution < -0.4 is 5.32 Å². The lowest BCUT2D eigenvalue weighted by Crippen LogP contribution is -2.22. The summed E-state index contributed by atoms with van der Waals surface area (Å²) in [6.07, 6.45) is 0. The molecule has 0 aliphatic rings. The van der Waals surface area contributed by atoms with Crippen molar-refractivity contribution in [2.45, 2.75) is 32.2 Å². The number of benzene rings is 1. The van der Waals surface area contributed by atoms with Gasteiger partial charge < -0.3 is 9.84 Å². The predicted molar refractivity (Wildman–Crippen MR) is 83.2 cm³/mol. The normalized spacial score (nSPS) is 11.9. The molecule has 0 saturated heterocycles. The number of aryl methyl sites for hydroxylation is 2. The molecule has 120 valence electrons. The Morgan fingerprint density at radius 1 is 1.23 bits per heavy atom. The fourth-order valence-corrected chi connectivity index (χ4v) is 2.97. The highest BCUT2D eigenvalue weighted by Crippen LogP contribution is 2.25. The molecule has 0 aliphatic heterocycles. The maximum absolute atomic E-state index is 12.3. The number of hydrogen-bond acceptors (Lipinski definition) is 6. The van der Waals surface area contributed by atoms with Crippen LogP contribution >= 0.6 is 0 Å². The van der Waals surface area contributed by atoms with Gasteiger partial charge in [-0.15, -0.1) is 0 Å². The lowest BCUT2D eigenvalue weighted by atomic mass is 10.1. The Balaban J connectivity index is 2.33. The van der Waals surface area contributed by atoms with Crippen LogP contribution in [0.3, 0.4) is 0 Å². The van der Waals surface area contributed by atoms with Gasteiger partial charge >= 0.3 is 0 Å². The molecule has 0 unspecified atom stereocenters. The Bertz CT molecular complexity index is 781. The summed E-state index contributed by atoms with van der Waals surface area (Å²) in [4.78, 5) is 4.36.